The minimum Gasteiger partial charge on any atom is -0.490 e. The standard InChI is InChI=1S/C24H36F2O2/c1-4-6-17-27-20-12-13-21(23(26)22(20)25)28-18-10-16-24(19(3)11-5-2)14-8-7-9-15-24/h10,12-13,16,19H,4-9,11,14-15,17-18H2,1-3H3/b16-10+. The highest BCUT2D eigenvalue weighted by molar-refractivity contribution is 5.35. The summed E-state index contributed by atoms with van der Waals surface area (Å²) in [4.78, 5) is 0. The molecule has 1 aromatic rings. The first-order valence-electron chi connectivity index (χ1n) is 11.0. The summed E-state index contributed by atoms with van der Waals surface area (Å²) in [5.74, 6) is -1.44. The lowest BCUT2D eigenvalue weighted by atomic mass is 9.65. The van der Waals surface area contributed by atoms with Gasteiger partial charge in [-0.1, -0.05) is 71.4 Å². The fourth-order valence-electron chi connectivity index (χ4n) is 4.24. The Morgan fingerprint density at radius 2 is 1.64 bits per heavy atom. The van der Waals surface area contributed by atoms with Crippen molar-refractivity contribution in [1.29, 1.82) is 0 Å². The first-order chi connectivity index (χ1) is 13.5. The number of ether oxygens (including phenoxy) is 2. The highest BCUT2D eigenvalue weighted by Gasteiger charge is 2.34. The maximum absolute atomic E-state index is 14.3. The summed E-state index contributed by atoms with van der Waals surface area (Å²) in [6.07, 6.45) is 14.7. The maximum Gasteiger partial charge on any atom is 0.204 e. The molecule has 158 valence electrons. The Morgan fingerprint density at radius 1 is 1.00 bits per heavy atom. The van der Waals surface area contributed by atoms with Crippen molar-refractivity contribution in [2.45, 2.75) is 78.6 Å². The van der Waals surface area contributed by atoms with E-state index in [0.29, 0.717) is 12.5 Å². The lowest BCUT2D eigenvalue weighted by Gasteiger charge is -2.40. The molecule has 0 aliphatic heterocycles. The summed E-state index contributed by atoms with van der Waals surface area (Å²) in [6.45, 7) is 7.21. The summed E-state index contributed by atoms with van der Waals surface area (Å²) >= 11 is 0. The predicted octanol–water partition coefficient (Wildman–Crippen LogP) is 7.47. The summed E-state index contributed by atoms with van der Waals surface area (Å²) in [5.41, 5.74) is 0.221. The van der Waals surface area contributed by atoms with E-state index in [4.69, 9.17) is 9.47 Å². The second kappa shape index (κ2) is 11.4. The molecule has 0 amide bonds. The minimum absolute atomic E-state index is 0.0524. The fourth-order valence-corrected chi connectivity index (χ4v) is 4.24. The van der Waals surface area contributed by atoms with Crippen molar-refractivity contribution in [2.75, 3.05) is 13.2 Å². The number of benzene rings is 1. The molecule has 0 N–H and O–H groups in total. The molecular weight excluding hydrogens is 358 g/mol. The lowest BCUT2D eigenvalue weighted by Crippen LogP contribution is -2.29. The maximum atomic E-state index is 14.3. The number of unbranched alkanes of at least 4 members (excludes halogenated alkanes) is 1. The van der Waals surface area contributed by atoms with Crippen LogP contribution in [0.1, 0.15) is 78.6 Å². The van der Waals surface area contributed by atoms with Gasteiger partial charge in [0.1, 0.15) is 6.61 Å². The van der Waals surface area contributed by atoms with Crippen molar-refractivity contribution in [3.8, 4) is 11.5 Å². The monoisotopic (exact) mass is 394 g/mol. The van der Waals surface area contributed by atoms with Gasteiger partial charge in [-0.05, 0) is 42.7 Å². The third kappa shape index (κ3) is 5.96. The molecule has 4 heteroatoms. The Kier molecular flexibility index (Phi) is 9.27. The zero-order valence-electron chi connectivity index (χ0n) is 17.7. The first kappa shape index (κ1) is 22.7. The highest BCUT2D eigenvalue weighted by atomic mass is 19.2. The zero-order valence-corrected chi connectivity index (χ0v) is 17.7. The average molecular weight is 395 g/mol. The van der Waals surface area contributed by atoms with Gasteiger partial charge >= 0.3 is 0 Å². The molecule has 0 aromatic heterocycles. The van der Waals surface area contributed by atoms with Crippen LogP contribution in [0, 0.1) is 23.0 Å². The molecule has 0 radical (unpaired) electrons. The molecule has 1 atom stereocenters. The van der Waals surface area contributed by atoms with E-state index in [1.165, 1.54) is 57.1 Å². The van der Waals surface area contributed by atoms with Crippen LogP contribution >= 0.6 is 0 Å². The number of rotatable bonds is 11. The van der Waals surface area contributed by atoms with Crippen molar-refractivity contribution >= 4 is 0 Å². The number of halogens is 2. The molecule has 1 unspecified atom stereocenters. The molecule has 0 bridgehead atoms. The molecule has 1 aromatic carbocycles. The third-order valence-corrected chi connectivity index (χ3v) is 6.04. The van der Waals surface area contributed by atoms with Crippen molar-refractivity contribution in [2.24, 2.45) is 11.3 Å². The second-order valence-corrected chi connectivity index (χ2v) is 8.09. The minimum atomic E-state index is -0.978. The van der Waals surface area contributed by atoms with E-state index in [1.54, 1.807) is 0 Å². The first-order valence-corrected chi connectivity index (χ1v) is 11.0. The van der Waals surface area contributed by atoms with Gasteiger partial charge in [0.25, 0.3) is 0 Å². The van der Waals surface area contributed by atoms with Crippen LogP contribution in [0.15, 0.2) is 24.3 Å². The van der Waals surface area contributed by atoms with Crippen LogP contribution < -0.4 is 9.47 Å². The molecule has 0 saturated heterocycles. The largest absolute Gasteiger partial charge is 0.490 e. The van der Waals surface area contributed by atoms with Gasteiger partial charge in [-0.3, -0.25) is 0 Å². The molecule has 0 heterocycles. The van der Waals surface area contributed by atoms with E-state index < -0.39 is 11.6 Å². The number of hydrogen-bond donors (Lipinski definition) is 0. The van der Waals surface area contributed by atoms with Crippen LogP contribution in [0.5, 0.6) is 11.5 Å². The van der Waals surface area contributed by atoms with Crippen LogP contribution in [0.25, 0.3) is 0 Å². The Morgan fingerprint density at radius 3 is 2.25 bits per heavy atom. The van der Waals surface area contributed by atoms with Gasteiger partial charge in [-0.15, -0.1) is 0 Å². The van der Waals surface area contributed by atoms with Crippen LogP contribution in [0.2, 0.25) is 0 Å². The Labute approximate surface area is 169 Å². The normalized spacial score (nSPS) is 17.6. The third-order valence-electron chi connectivity index (χ3n) is 6.04. The Hall–Kier alpha value is -1.58. The zero-order chi connectivity index (χ0) is 20.4. The number of hydrogen-bond acceptors (Lipinski definition) is 2. The van der Waals surface area contributed by atoms with Crippen molar-refractivity contribution in [3.63, 3.8) is 0 Å². The van der Waals surface area contributed by atoms with E-state index in [2.05, 4.69) is 19.9 Å². The fraction of sp³-hybridized carbons (Fsp3) is 0.667. The van der Waals surface area contributed by atoms with Crippen molar-refractivity contribution in [1.82, 2.24) is 0 Å². The van der Waals surface area contributed by atoms with Gasteiger partial charge in [-0.2, -0.15) is 8.78 Å². The van der Waals surface area contributed by atoms with Gasteiger partial charge in [0.15, 0.2) is 11.5 Å². The van der Waals surface area contributed by atoms with Gasteiger partial charge in [0.05, 0.1) is 6.61 Å². The molecule has 28 heavy (non-hydrogen) atoms. The van der Waals surface area contributed by atoms with Crippen molar-refractivity contribution in [3.05, 3.63) is 35.9 Å². The summed E-state index contributed by atoms with van der Waals surface area (Å²) in [6, 6.07) is 2.89. The van der Waals surface area contributed by atoms with Gasteiger partial charge in [0.2, 0.25) is 11.6 Å². The smallest absolute Gasteiger partial charge is 0.204 e. The van der Waals surface area contributed by atoms with Crippen LogP contribution in [-0.2, 0) is 0 Å². The quantitative estimate of drug-likeness (QED) is 0.286. The van der Waals surface area contributed by atoms with E-state index in [-0.39, 0.29) is 23.5 Å². The molecular formula is C24H36F2O2. The molecule has 2 nitrogen and oxygen atoms in total. The molecule has 1 aliphatic carbocycles. The van der Waals surface area contributed by atoms with E-state index in [0.717, 1.165) is 12.8 Å². The molecule has 0 spiro atoms. The van der Waals surface area contributed by atoms with E-state index in [9.17, 15) is 8.78 Å². The average Bonchev–Trinajstić information content (AvgIpc) is 2.71. The van der Waals surface area contributed by atoms with Crippen LogP contribution in [0.4, 0.5) is 8.78 Å². The van der Waals surface area contributed by atoms with E-state index in [1.807, 2.05) is 13.0 Å². The van der Waals surface area contributed by atoms with Crippen molar-refractivity contribution < 1.29 is 18.3 Å². The SMILES string of the molecule is CCCCOc1ccc(OC/C=C/C2(C(C)CCC)CCCCC2)c(F)c1F. The Bertz CT molecular complexity index is 621. The van der Waals surface area contributed by atoms with Gasteiger partial charge in [-0.25, -0.2) is 0 Å². The summed E-state index contributed by atoms with van der Waals surface area (Å²) in [5, 5.41) is 0. The highest BCUT2D eigenvalue weighted by Crippen LogP contribution is 2.45. The molecule has 1 saturated carbocycles. The molecule has 2 rings (SSSR count). The summed E-state index contributed by atoms with van der Waals surface area (Å²) < 4.78 is 39.2. The summed E-state index contributed by atoms with van der Waals surface area (Å²) in [7, 11) is 0. The molecule has 1 fully saturated rings. The predicted molar refractivity (Wildman–Crippen MR) is 111 cm³/mol. The van der Waals surface area contributed by atoms with E-state index >= 15 is 0 Å². The Balaban J connectivity index is 1.98. The van der Waals surface area contributed by atoms with Gasteiger partial charge in [0, 0.05) is 0 Å². The second-order valence-electron chi connectivity index (χ2n) is 8.09. The molecule has 1 aliphatic rings. The topological polar surface area (TPSA) is 18.5 Å². The lowest BCUT2D eigenvalue weighted by molar-refractivity contribution is 0.158. The number of allylic oxidation sites excluding steroid dienone is 1. The van der Waals surface area contributed by atoms with Crippen LogP contribution in [0.3, 0.4) is 0 Å². The van der Waals surface area contributed by atoms with Gasteiger partial charge < -0.3 is 9.47 Å². The van der Waals surface area contributed by atoms with Crippen LogP contribution in [-0.4, -0.2) is 13.2 Å².